The summed E-state index contributed by atoms with van der Waals surface area (Å²) in [5.41, 5.74) is 0.435. The highest BCUT2D eigenvalue weighted by Gasteiger charge is 2.13. The summed E-state index contributed by atoms with van der Waals surface area (Å²) in [4.78, 5) is 15.7. The molecule has 0 aliphatic heterocycles. The number of thioether (sulfide) groups is 1. The van der Waals surface area contributed by atoms with E-state index in [1.54, 1.807) is 17.1 Å². The lowest BCUT2D eigenvalue weighted by Gasteiger charge is -2.00. The Morgan fingerprint density at radius 3 is 2.93 bits per heavy atom. The highest BCUT2D eigenvalue weighted by Crippen LogP contribution is 2.19. The van der Waals surface area contributed by atoms with E-state index in [-0.39, 0.29) is 5.97 Å². The van der Waals surface area contributed by atoms with E-state index >= 15 is 0 Å². The molecule has 0 fully saturated rings. The number of thiazole rings is 1. The smallest absolute Gasteiger partial charge is 0.357 e. The summed E-state index contributed by atoms with van der Waals surface area (Å²) in [6.07, 6.45) is 1.98. The van der Waals surface area contributed by atoms with Gasteiger partial charge in [-0.1, -0.05) is 13.8 Å². The Balaban J connectivity index is 2.51. The molecule has 1 rings (SSSR count). The van der Waals surface area contributed by atoms with Gasteiger partial charge in [0.15, 0.2) is 5.69 Å². The molecule has 0 aliphatic rings. The van der Waals surface area contributed by atoms with Crippen molar-refractivity contribution < 1.29 is 9.53 Å². The van der Waals surface area contributed by atoms with Gasteiger partial charge in [0.05, 0.1) is 5.01 Å². The summed E-state index contributed by atoms with van der Waals surface area (Å²) in [6.45, 7) is 4.57. The molecule has 0 bridgehead atoms. The lowest BCUT2D eigenvalue weighted by Crippen LogP contribution is -2.08. The van der Waals surface area contributed by atoms with Gasteiger partial charge in [0.2, 0.25) is 0 Å². The fraction of sp³-hybridized carbons (Fsp3) is 0.600. The van der Waals surface area contributed by atoms with E-state index in [2.05, 4.69) is 18.8 Å². The summed E-state index contributed by atoms with van der Waals surface area (Å²) in [6, 6.07) is 0. The van der Waals surface area contributed by atoms with Gasteiger partial charge in [0.25, 0.3) is 0 Å². The van der Waals surface area contributed by atoms with Gasteiger partial charge < -0.3 is 4.74 Å². The predicted octanol–water partition coefficient (Wildman–Crippen LogP) is 2.79. The number of hydrogen-bond acceptors (Lipinski definition) is 5. The van der Waals surface area contributed by atoms with Crippen molar-refractivity contribution in [1.29, 1.82) is 0 Å². The Hall–Kier alpha value is -0.550. The Bertz CT molecular complexity index is 323. The van der Waals surface area contributed by atoms with E-state index in [4.69, 9.17) is 4.74 Å². The van der Waals surface area contributed by atoms with E-state index in [0.717, 1.165) is 10.8 Å². The molecule has 0 aliphatic carbocycles. The summed E-state index contributed by atoms with van der Waals surface area (Å²) < 4.78 is 5.05. The quantitative estimate of drug-likeness (QED) is 0.590. The lowest BCUT2D eigenvalue weighted by atomic mass is 10.2. The van der Waals surface area contributed by atoms with Crippen LogP contribution in [-0.4, -0.2) is 29.6 Å². The highest BCUT2D eigenvalue weighted by atomic mass is 32.2. The maximum atomic E-state index is 11.5. The van der Waals surface area contributed by atoms with E-state index in [1.807, 2.05) is 6.26 Å². The fourth-order valence-electron chi connectivity index (χ4n) is 0.938. The van der Waals surface area contributed by atoms with Crippen LogP contribution in [0.1, 0.15) is 35.3 Å². The Labute approximate surface area is 98.2 Å². The van der Waals surface area contributed by atoms with Crippen molar-refractivity contribution in [3.05, 3.63) is 16.1 Å². The van der Waals surface area contributed by atoms with E-state index < -0.39 is 0 Å². The Morgan fingerprint density at radius 2 is 2.40 bits per heavy atom. The number of aromatic nitrogens is 1. The van der Waals surface area contributed by atoms with Crippen LogP contribution in [0.4, 0.5) is 0 Å². The van der Waals surface area contributed by atoms with Crippen LogP contribution in [0.15, 0.2) is 5.38 Å². The molecule has 0 radical (unpaired) electrons. The molecule has 3 nitrogen and oxygen atoms in total. The second-order valence-electron chi connectivity index (χ2n) is 3.35. The van der Waals surface area contributed by atoms with Gasteiger partial charge >= 0.3 is 5.97 Å². The van der Waals surface area contributed by atoms with Gasteiger partial charge in [-0.05, 0) is 6.26 Å². The van der Waals surface area contributed by atoms with Gasteiger partial charge in [-0.3, -0.25) is 0 Å². The summed E-state index contributed by atoms with van der Waals surface area (Å²) in [7, 11) is 0. The number of ether oxygens (including phenoxy) is 1. The monoisotopic (exact) mass is 245 g/mol. The number of hydrogen-bond donors (Lipinski definition) is 0. The number of carbonyl (C=O) groups is 1. The summed E-state index contributed by atoms with van der Waals surface area (Å²) in [5, 5.41) is 2.74. The van der Waals surface area contributed by atoms with Crippen molar-refractivity contribution in [2.45, 2.75) is 19.8 Å². The average Bonchev–Trinajstić information content (AvgIpc) is 2.66. The fourth-order valence-corrected chi connectivity index (χ4v) is 1.99. The molecule has 1 heterocycles. The zero-order valence-electron chi connectivity index (χ0n) is 9.15. The molecule has 5 heteroatoms. The van der Waals surface area contributed by atoms with Crippen molar-refractivity contribution in [2.75, 3.05) is 18.6 Å². The largest absolute Gasteiger partial charge is 0.460 e. The van der Waals surface area contributed by atoms with Crippen LogP contribution in [-0.2, 0) is 4.74 Å². The number of carbonyl (C=O) groups excluding carboxylic acids is 1. The minimum absolute atomic E-state index is 0.313. The lowest BCUT2D eigenvalue weighted by molar-refractivity contribution is 0.0524. The third-order valence-corrected chi connectivity index (χ3v) is 3.47. The van der Waals surface area contributed by atoms with Crippen LogP contribution in [0.5, 0.6) is 0 Å². The van der Waals surface area contributed by atoms with Gasteiger partial charge in [-0.15, -0.1) is 11.3 Å². The molecule has 0 amide bonds. The van der Waals surface area contributed by atoms with Crippen LogP contribution in [0.3, 0.4) is 0 Å². The first kappa shape index (κ1) is 12.5. The van der Waals surface area contributed by atoms with Crippen molar-refractivity contribution in [1.82, 2.24) is 4.98 Å². The Kier molecular flexibility index (Phi) is 5.11. The molecule has 0 atom stereocenters. The second-order valence-corrected chi connectivity index (χ2v) is 5.23. The van der Waals surface area contributed by atoms with Gasteiger partial charge in [0, 0.05) is 17.1 Å². The molecule has 0 unspecified atom stereocenters. The molecule has 0 spiro atoms. The maximum absolute atomic E-state index is 11.5. The van der Waals surface area contributed by atoms with Crippen LogP contribution in [0, 0.1) is 0 Å². The molecular formula is C10H15NO2S2. The molecule has 0 aromatic carbocycles. The zero-order valence-corrected chi connectivity index (χ0v) is 10.8. The summed E-state index contributed by atoms with van der Waals surface area (Å²) in [5.74, 6) is 0.877. The molecule has 1 aromatic rings. The first-order valence-electron chi connectivity index (χ1n) is 4.76. The topological polar surface area (TPSA) is 39.2 Å². The van der Waals surface area contributed by atoms with Crippen molar-refractivity contribution >= 4 is 29.1 Å². The summed E-state index contributed by atoms with van der Waals surface area (Å²) >= 11 is 3.16. The van der Waals surface area contributed by atoms with Crippen LogP contribution < -0.4 is 0 Å². The van der Waals surface area contributed by atoms with E-state index in [0.29, 0.717) is 18.2 Å². The van der Waals surface area contributed by atoms with Crippen molar-refractivity contribution in [3.8, 4) is 0 Å². The minimum atomic E-state index is -0.313. The normalized spacial score (nSPS) is 10.7. The molecule has 1 aromatic heterocycles. The SMILES string of the molecule is CSCCOC(=O)c1csc(C(C)C)n1. The van der Waals surface area contributed by atoms with Crippen molar-refractivity contribution in [3.63, 3.8) is 0 Å². The Morgan fingerprint density at radius 1 is 1.67 bits per heavy atom. The third kappa shape index (κ3) is 3.83. The first-order valence-corrected chi connectivity index (χ1v) is 7.04. The zero-order chi connectivity index (χ0) is 11.3. The highest BCUT2D eigenvalue weighted by molar-refractivity contribution is 7.98. The van der Waals surface area contributed by atoms with Crippen LogP contribution >= 0.6 is 23.1 Å². The molecule has 84 valence electrons. The second kappa shape index (κ2) is 6.12. The van der Waals surface area contributed by atoms with Gasteiger partial charge in [-0.25, -0.2) is 9.78 Å². The average molecular weight is 245 g/mol. The number of nitrogens with zero attached hydrogens (tertiary/aromatic N) is 1. The standard InChI is InChI=1S/C10H15NO2S2/c1-7(2)9-11-8(6-15-9)10(12)13-4-5-14-3/h6-7H,4-5H2,1-3H3. The van der Waals surface area contributed by atoms with Crippen LogP contribution in [0.2, 0.25) is 0 Å². The van der Waals surface area contributed by atoms with Gasteiger partial charge in [0.1, 0.15) is 6.61 Å². The minimum Gasteiger partial charge on any atom is -0.460 e. The van der Waals surface area contributed by atoms with Crippen molar-refractivity contribution in [2.24, 2.45) is 0 Å². The molecule has 15 heavy (non-hydrogen) atoms. The maximum Gasteiger partial charge on any atom is 0.357 e. The molecule has 0 N–H and O–H groups in total. The van der Waals surface area contributed by atoms with Gasteiger partial charge in [-0.2, -0.15) is 11.8 Å². The number of rotatable bonds is 5. The first-order chi connectivity index (χ1) is 7.15. The number of esters is 1. The van der Waals surface area contributed by atoms with E-state index in [1.165, 1.54) is 11.3 Å². The molecular weight excluding hydrogens is 230 g/mol. The van der Waals surface area contributed by atoms with E-state index in [9.17, 15) is 4.79 Å². The third-order valence-electron chi connectivity index (χ3n) is 1.75. The van der Waals surface area contributed by atoms with Crippen LogP contribution in [0.25, 0.3) is 0 Å². The molecule has 0 saturated carbocycles. The predicted molar refractivity (Wildman–Crippen MR) is 64.9 cm³/mol. The molecule has 0 saturated heterocycles.